The molecular formula is C31H47NO5S2. The highest BCUT2D eigenvalue weighted by molar-refractivity contribution is 8.26. The second kappa shape index (κ2) is 19.9. The highest BCUT2D eigenvalue weighted by atomic mass is 32.2. The number of nitrogens with zero attached hydrogens (tertiary/aromatic N) is 1. The summed E-state index contributed by atoms with van der Waals surface area (Å²) in [7, 11) is 0. The lowest BCUT2D eigenvalue weighted by Crippen LogP contribution is -2.29. The Morgan fingerprint density at radius 2 is 1.54 bits per heavy atom. The van der Waals surface area contributed by atoms with Gasteiger partial charge in [0.05, 0.1) is 18.1 Å². The van der Waals surface area contributed by atoms with Crippen molar-refractivity contribution in [1.29, 1.82) is 0 Å². The van der Waals surface area contributed by atoms with Crippen molar-refractivity contribution in [3.63, 3.8) is 0 Å². The molecule has 1 saturated heterocycles. The number of rotatable bonds is 22. The number of amides is 1. The number of carbonyl (C=O) groups is 2. The Balaban J connectivity index is 1.78. The van der Waals surface area contributed by atoms with Crippen LogP contribution in [-0.4, -0.2) is 46.0 Å². The van der Waals surface area contributed by atoms with Gasteiger partial charge in [-0.1, -0.05) is 108 Å². The number of hydrogen-bond acceptors (Lipinski definition) is 6. The number of carbonyl (C=O) groups excluding carboxylic acids is 1. The van der Waals surface area contributed by atoms with Gasteiger partial charge in [-0.05, 0) is 50.0 Å². The minimum atomic E-state index is -0.711. The van der Waals surface area contributed by atoms with Crippen LogP contribution in [0.4, 0.5) is 0 Å². The summed E-state index contributed by atoms with van der Waals surface area (Å²) in [6.45, 7) is 6.06. The Morgan fingerprint density at radius 1 is 0.897 bits per heavy atom. The molecule has 0 bridgehead atoms. The average molecular weight is 578 g/mol. The Hall–Kier alpha value is -2.06. The average Bonchev–Trinajstić information content (AvgIpc) is 3.17. The molecule has 1 aliphatic heterocycles. The molecule has 0 unspecified atom stereocenters. The highest BCUT2D eigenvalue weighted by Crippen LogP contribution is 2.35. The predicted octanol–water partition coefficient (Wildman–Crippen LogP) is 8.62. The fourth-order valence-electron chi connectivity index (χ4n) is 4.52. The van der Waals surface area contributed by atoms with Crippen LogP contribution >= 0.6 is 24.0 Å². The molecule has 1 aliphatic rings. The molecule has 39 heavy (non-hydrogen) atoms. The molecular weight excluding hydrogens is 530 g/mol. The SMILES string of the molecule is CCCCCCCCOc1ccc(C=C2SC(=S)N(CCCCCCCCCCC(=O)O)C2=O)cc1OCC. The van der Waals surface area contributed by atoms with Crippen LogP contribution in [0.25, 0.3) is 6.08 Å². The monoisotopic (exact) mass is 577 g/mol. The Kier molecular flexibility index (Phi) is 16.9. The predicted molar refractivity (Wildman–Crippen MR) is 166 cm³/mol. The van der Waals surface area contributed by atoms with Crippen LogP contribution in [-0.2, 0) is 9.59 Å². The first kappa shape index (κ1) is 33.1. The van der Waals surface area contributed by atoms with Crippen molar-refractivity contribution in [3.8, 4) is 11.5 Å². The number of aliphatic carboxylic acids is 1. The molecule has 218 valence electrons. The van der Waals surface area contributed by atoms with Crippen LogP contribution in [0, 0.1) is 0 Å². The van der Waals surface area contributed by atoms with Gasteiger partial charge < -0.3 is 14.6 Å². The summed E-state index contributed by atoms with van der Waals surface area (Å²) in [5, 5.41) is 8.68. The first-order valence-electron chi connectivity index (χ1n) is 14.8. The largest absolute Gasteiger partial charge is 0.490 e. The van der Waals surface area contributed by atoms with Crippen LogP contribution in [0.1, 0.15) is 116 Å². The Labute approximate surface area is 244 Å². The molecule has 0 radical (unpaired) electrons. The van der Waals surface area contributed by atoms with Crippen molar-refractivity contribution in [1.82, 2.24) is 4.90 Å². The maximum Gasteiger partial charge on any atom is 0.303 e. The van der Waals surface area contributed by atoms with Gasteiger partial charge in [0.1, 0.15) is 4.32 Å². The van der Waals surface area contributed by atoms with Gasteiger partial charge in [0.25, 0.3) is 5.91 Å². The van der Waals surface area contributed by atoms with Gasteiger partial charge in [-0.3, -0.25) is 14.5 Å². The lowest BCUT2D eigenvalue weighted by molar-refractivity contribution is -0.137. The number of ether oxygens (including phenoxy) is 2. The minimum Gasteiger partial charge on any atom is -0.490 e. The zero-order chi connectivity index (χ0) is 28.3. The van der Waals surface area contributed by atoms with Crippen molar-refractivity contribution in [2.24, 2.45) is 0 Å². The quantitative estimate of drug-likeness (QED) is 0.0840. The van der Waals surface area contributed by atoms with E-state index in [-0.39, 0.29) is 12.3 Å². The maximum atomic E-state index is 13.0. The standard InChI is InChI=1S/C31H47NO5S2/c1-3-5-6-7-14-17-22-37-26-20-19-25(23-27(26)36-4-2)24-28-30(35)32(31(38)39-28)21-16-13-11-9-8-10-12-15-18-29(33)34/h19-20,23-24H,3-18,21-22H2,1-2H3,(H,33,34). The van der Waals surface area contributed by atoms with Gasteiger partial charge >= 0.3 is 5.97 Å². The lowest BCUT2D eigenvalue weighted by Gasteiger charge is -2.14. The fraction of sp³-hybridized carbons (Fsp3) is 0.645. The van der Waals surface area contributed by atoms with Crippen molar-refractivity contribution < 1.29 is 24.2 Å². The molecule has 1 heterocycles. The zero-order valence-electron chi connectivity index (χ0n) is 23.9. The summed E-state index contributed by atoms with van der Waals surface area (Å²) in [6.07, 6.45) is 17.7. The van der Waals surface area contributed by atoms with E-state index in [1.165, 1.54) is 43.9 Å². The number of unbranched alkanes of at least 4 members (excludes halogenated alkanes) is 12. The summed E-state index contributed by atoms with van der Waals surface area (Å²) in [5.74, 6) is 0.715. The van der Waals surface area contributed by atoms with Crippen LogP contribution in [0.2, 0.25) is 0 Å². The van der Waals surface area contributed by atoms with Gasteiger partial charge in [0, 0.05) is 13.0 Å². The molecule has 1 amide bonds. The number of thioether (sulfide) groups is 1. The molecule has 8 heteroatoms. The Morgan fingerprint density at radius 3 is 2.21 bits per heavy atom. The number of thiocarbonyl (C=S) groups is 1. The third-order valence-corrected chi connectivity index (χ3v) is 8.09. The van der Waals surface area contributed by atoms with Gasteiger partial charge in [-0.2, -0.15) is 0 Å². The van der Waals surface area contributed by atoms with Crippen molar-refractivity contribution in [3.05, 3.63) is 28.7 Å². The maximum absolute atomic E-state index is 13.0. The molecule has 0 spiro atoms. The summed E-state index contributed by atoms with van der Waals surface area (Å²) >= 11 is 6.87. The molecule has 2 rings (SSSR count). The summed E-state index contributed by atoms with van der Waals surface area (Å²) < 4.78 is 12.5. The fourth-order valence-corrected chi connectivity index (χ4v) is 5.83. The van der Waals surface area contributed by atoms with Crippen LogP contribution < -0.4 is 9.47 Å². The van der Waals surface area contributed by atoms with E-state index in [1.54, 1.807) is 4.90 Å². The number of carboxylic acid groups (broad SMARTS) is 1. The third-order valence-electron chi connectivity index (χ3n) is 6.72. The van der Waals surface area contributed by atoms with Crippen LogP contribution in [0.5, 0.6) is 11.5 Å². The van der Waals surface area contributed by atoms with Crippen LogP contribution in [0.3, 0.4) is 0 Å². The summed E-state index contributed by atoms with van der Waals surface area (Å²) in [4.78, 5) is 25.9. The van der Waals surface area contributed by atoms with Gasteiger partial charge in [-0.25, -0.2) is 0 Å². The first-order chi connectivity index (χ1) is 19.0. The van der Waals surface area contributed by atoms with Gasteiger partial charge in [0.2, 0.25) is 0 Å². The second-order valence-electron chi connectivity index (χ2n) is 10.1. The third kappa shape index (κ3) is 13.2. The Bertz CT molecular complexity index is 934. The smallest absolute Gasteiger partial charge is 0.303 e. The normalized spacial score (nSPS) is 14.4. The topological polar surface area (TPSA) is 76.1 Å². The van der Waals surface area contributed by atoms with Crippen molar-refractivity contribution >= 4 is 46.3 Å². The summed E-state index contributed by atoms with van der Waals surface area (Å²) in [6, 6.07) is 5.84. The van der Waals surface area contributed by atoms with E-state index in [1.807, 2.05) is 31.2 Å². The van der Waals surface area contributed by atoms with E-state index in [0.717, 1.165) is 69.1 Å². The van der Waals surface area contributed by atoms with Crippen LogP contribution in [0.15, 0.2) is 23.1 Å². The molecule has 0 saturated carbocycles. The molecule has 0 atom stereocenters. The van der Waals surface area contributed by atoms with Gasteiger partial charge in [0.15, 0.2) is 11.5 Å². The number of carboxylic acids is 1. The molecule has 1 aromatic carbocycles. The van der Waals surface area contributed by atoms with Crippen molar-refractivity contribution in [2.75, 3.05) is 19.8 Å². The van der Waals surface area contributed by atoms with E-state index in [4.69, 9.17) is 26.8 Å². The van der Waals surface area contributed by atoms with Crippen molar-refractivity contribution in [2.45, 2.75) is 110 Å². The number of benzene rings is 1. The molecule has 1 aromatic rings. The molecule has 1 N–H and O–H groups in total. The first-order valence-corrected chi connectivity index (χ1v) is 16.1. The molecule has 6 nitrogen and oxygen atoms in total. The van der Waals surface area contributed by atoms with E-state index < -0.39 is 5.97 Å². The number of hydrogen-bond donors (Lipinski definition) is 1. The molecule has 0 aromatic heterocycles. The minimum absolute atomic E-state index is 0.0233. The lowest BCUT2D eigenvalue weighted by atomic mass is 10.1. The summed E-state index contributed by atoms with van der Waals surface area (Å²) in [5.41, 5.74) is 0.897. The van der Waals surface area contributed by atoms with E-state index >= 15 is 0 Å². The van der Waals surface area contributed by atoms with E-state index in [0.29, 0.717) is 34.7 Å². The molecule has 0 aliphatic carbocycles. The second-order valence-corrected chi connectivity index (χ2v) is 11.7. The zero-order valence-corrected chi connectivity index (χ0v) is 25.5. The van der Waals surface area contributed by atoms with E-state index in [2.05, 4.69) is 6.92 Å². The molecule has 1 fully saturated rings. The highest BCUT2D eigenvalue weighted by Gasteiger charge is 2.31. The van der Waals surface area contributed by atoms with E-state index in [9.17, 15) is 9.59 Å². The van der Waals surface area contributed by atoms with Gasteiger partial charge in [-0.15, -0.1) is 0 Å².